The first-order valence-electron chi connectivity index (χ1n) is 8.50. The average Bonchev–Trinajstić information content (AvgIpc) is 2.86. The number of aromatic nitrogens is 1. The van der Waals surface area contributed by atoms with Crippen LogP contribution in [0.3, 0.4) is 0 Å². The van der Waals surface area contributed by atoms with Gasteiger partial charge in [0.1, 0.15) is 5.69 Å². The van der Waals surface area contributed by atoms with Crippen molar-refractivity contribution in [2.45, 2.75) is 33.2 Å². The largest absolute Gasteiger partial charge is 0.354 e. The highest BCUT2D eigenvalue weighted by atomic mass is 16.2. The highest BCUT2D eigenvalue weighted by molar-refractivity contribution is 6.02. The Kier molecular flexibility index (Phi) is 6.15. The summed E-state index contributed by atoms with van der Waals surface area (Å²) in [7, 11) is 4.02. The van der Waals surface area contributed by atoms with Crippen molar-refractivity contribution in [3.05, 3.63) is 58.4 Å². The fourth-order valence-electron chi connectivity index (χ4n) is 3.13. The van der Waals surface area contributed by atoms with Gasteiger partial charge in [0.25, 0.3) is 5.91 Å². The van der Waals surface area contributed by atoms with Crippen molar-refractivity contribution in [3.8, 4) is 0 Å². The lowest BCUT2D eigenvalue weighted by Gasteiger charge is -2.24. The lowest BCUT2D eigenvalue weighted by molar-refractivity contribution is 0.0936. The third-order valence-corrected chi connectivity index (χ3v) is 4.56. The Labute approximate surface area is 149 Å². The van der Waals surface area contributed by atoms with E-state index in [1.54, 1.807) is 0 Å². The number of carbonyl (C=O) groups is 2. The molecule has 0 spiro atoms. The summed E-state index contributed by atoms with van der Waals surface area (Å²) in [6.07, 6.45) is 0.857. The van der Waals surface area contributed by atoms with E-state index >= 15 is 0 Å². The number of ketones is 1. The van der Waals surface area contributed by atoms with Gasteiger partial charge in [0.15, 0.2) is 5.78 Å². The van der Waals surface area contributed by atoms with E-state index in [0.717, 1.165) is 12.1 Å². The summed E-state index contributed by atoms with van der Waals surface area (Å²) >= 11 is 0. The molecule has 1 amide bonds. The van der Waals surface area contributed by atoms with E-state index in [-0.39, 0.29) is 17.7 Å². The lowest BCUT2D eigenvalue weighted by atomic mass is 10.0. The quantitative estimate of drug-likeness (QED) is 0.761. The number of aromatic amines is 1. The summed E-state index contributed by atoms with van der Waals surface area (Å²) < 4.78 is 0. The number of benzene rings is 1. The normalized spacial score (nSPS) is 12.2. The van der Waals surface area contributed by atoms with Crippen LogP contribution in [0.5, 0.6) is 0 Å². The summed E-state index contributed by atoms with van der Waals surface area (Å²) in [5, 5.41) is 3.00. The van der Waals surface area contributed by atoms with E-state index < -0.39 is 0 Å². The van der Waals surface area contributed by atoms with Gasteiger partial charge in [-0.05, 0) is 52.4 Å². The predicted octanol–water partition coefficient (Wildman–Crippen LogP) is 2.74. The molecule has 1 aromatic heterocycles. The molecule has 2 rings (SSSR count). The zero-order chi connectivity index (χ0) is 18.6. The number of H-pyrrole nitrogens is 1. The van der Waals surface area contributed by atoms with E-state index in [4.69, 9.17) is 0 Å². The molecule has 2 aromatic rings. The van der Waals surface area contributed by atoms with Gasteiger partial charge in [-0.2, -0.15) is 0 Å². The molecule has 0 aliphatic carbocycles. The summed E-state index contributed by atoms with van der Waals surface area (Å²) in [4.78, 5) is 29.4. The van der Waals surface area contributed by atoms with Crippen LogP contribution in [0.1, 0.15) is 44.6 Å². The van der Waals surface area contributed by atoms with Gasteiger partial charge in [0.05, 0.1) is 0 Å². The molecule has 0 aliphatic heterocycles. The van der Waals surface area contributed by atoms with Crippen LogP contribution in [-0.4, -0.2) is 48.3 Å². The number of hydrogen-bond donors (Lipinski definition) is 2. The van der Waals surface area contributed by atoms with E-state index in [0.29, 0.717) is 23.4 Å². The summed E-state index contributed by atoms with van der Waals surface area (Å²) in [6, 6.07) is 10.4. The zero-order valence-electron chi connectivity index (χ0n) is 15.6. The molecule has 0 saturated carbocycles. The van der Waals surface area contributed by atoms with Gasteiger partial charge in [-0.25, -0.2) is 0 Å². The maximum atomic E-state index is 12.6. The Morgan fingerprint density at radius 2 is 1.80 bits per heavy atom. The molecule has 25 heavy (non-hydrogen) atoms. The number of carbonyl (C=O) groups excluding carboxylic acids is 2. The molecule has 0 bridgehead atoms. The number of rotatable bonds is 7. The molecule has 1 heterocycles. The van der Waals surface area contributed by atoms with Crippen LogP contribution < -0.4 is 5.32 Å². The number of likely N-dealkylation sites (N-methyl/N-ethyl adjacent to an activating group) is 1. The number of Topliss-reactive ketones (excluding diaryl/α,β-unsaturated/α-hetero) is 1. The number of nitrogens with one attached hydrogen (secondary N) is 2. The van der Waals surface area contributed by atoms with Crippen LogP contribution in [0, 0.1) is 13.8 Å². The SMILES string of the molecule is CC(=O)c1c(C)[nH]c(C(=O)NC[C@@H](Cc2ccccc2)N(C)C)c1C. The Hall–Kier alpha value is -2.40. The van der Waals surface area contributed by atoms with Gasteiger partial charge < -0.3 is 15.2 Å². The average molecular weight is 341 g/mol. The predicted molar refractivity (Wildman–Crippen MR) is 100 cm³/mol. The second kappa shape index (κ2) is 8.12. The molecule has 0 fully saturated rings. The van der Waals surface area contributed by atoms with Crippen LogP contribution >= 0.6 is 0 Å². The molecule has 0 aliphatic rings. The van der Waals surface area contributed by atoms with Gasteiger partial charge in [0, 0.05) is 23.8 Å². The molecule has 0 unspecified atom stereocenters. The van der Waals surface area contributed by atoms with Gasteiger partial charge in [0.2, 0.25) is 0 Å². The van der Waals surface area contributed by atoms with Crippen molar-refractivity contribution >= 4 is 11.7 Å². The maximum absolute atomic E-state index is 12.6. The highest BCUT2D eigenvalue weighted by Crippen LogP contribution is 2.18. The van der Waals surface area contributed by atoms with Gasteiger partial charge in [-0.1, -0.05) is 30.3 Å². The molecule has 2 N–H and O–H groups in total. The molecular formula is C20H27N3O2. The Morgan fingerprint density at radius 1 is 1.16 bits per heavy atom. The first-order valence-corrected chi connectivity index (χ1v) is 8.50. The number of aryl methyl sites for hydroxylation is 1. The van der Waals surface area contributed by atoms with Crippen LogP contribution in [-0.2, 0) is 6.42 Å². The van der Waals surface area contributed by atoms with Crippen LogP contribution in [0.4, 0.5) is 0 Å². The number of hydrogen-bond acceptors (Lipinski definition) is 3. The molecule has 134 valence electrons. The minimum absolute atomic E-state index is 0.0273. The van der Waals surface area contributed by atoms with Crippen molar-refractivity contribution in [2.75, 3.05) is 20.6 Å². The van der Waals surface area contributed by atoms with Crippen molar-refractivity contribution < 1.29 is 9.59 Å². The van der Waals surface area contributed by atoms with E-state index in [9.17, 15) is 9.59 Å². The summed E-state index contributed by atoms with van der Waals surface area (Å²) in [5.41, 5.74) is 3.77. The van der Waals surface area contributed by atoms with E-state index in [1.165, 1.54) is 12.5 Å². The van der Waals surface area contributed by atoms with Gasteiger partial charge >= 0.3 is 0 Å². The number of nitrogens with zero attached hydrogens (tertiary/aromatic N) is 1. The smallest absolute Gasteiger partial charge is 0.268 e. The Morgan fingerprint density at radius 3 is 2.32 bits per heavy atom. The van der Waals surface area contributed by atoms with Crippen LogP contribution in [0.25, 0.3) is 0 Å². The standard InChI is InChI=1S/C20H27N3O2/c1-13-18(15(3)24)14(2)22-19(13)20(25)21-12-17(23(4)5)11-16-9-7-6-8-10-16/h6-10,17,22H,11-12H2,1-5H3,(H,21,25)/t17-/m1/s1. The topological polar surface area (TPSA) is 65.2 Å². The molecule has 5 heteroatoms. The third-order valence-electron chi connectivity index (χ3n) is 4.56. The maximum Gasteiger partial charge on any atom is 0.268 e. The van der Waals surface area contributed by atoms with Crippen LogP contribution in [0.2, 0.25) is 0 Å². The van der Waals surface area contributed by atoms with Crippen molar-refractivity contribution in [2.24, 2.45) is 0 Å². The monoisotopic (exact) mass is 341 g/mol. The van der Waals surface area contributed by atoms with E-state index in [2.05, 4.69) is 27.3 Å². The molecular weight excluding hydrogens is 314 g/mol. The minimum Gasteiger partial charge on any atom is -0.354 e. The molecule has 0 radical (unpaired) electrons. The first kappa shape index (κ1) is 18.9. The second-order valence-electron chi connectivity index (χ2n) is 6.70. The van der Waals surface area contributed by atoms with Gasteiger partial charge in [-0.3, -0.25) is 9.59 Å². The minimum atomic E-state index is -0.173. The van der Waals surface area contributed by atoms with Crippen molar-refractivity contribution in [1.82, 2.24) is 15.2 Å². The third kappa shape index (κ3) is 4.57. The zero-order valence-corrected chi connectivity index (χ0v) is 15.6. The Balaban J connectivity index is 2.07. The first-order chi connectivity index (χ1) is 11.8. The van der Waals surface area contributed by atoms with Crippen molar-refractivity contribution in [1.29, 1.82) is 0 Å². The van der Waals surface area contributed by atoms with Crippen LogP contribution in [0.15, 0.2) is 30.3 Å². The fraction of sp³-hybridized carbons (Fsp3) is 0.400. The molecule has 0 saturated heterocycles. The summed E-state index contributed by atoms with van der Waals surface area (Å²) in [5.74, 6) is -0.200. The fourth-order valence-corrected chi connectivity index (χ4v) is 3.13. The highest BCUT2D eigenvalue weighted by Gasteiger charge is 2.21. The number of amides is 1. The molecule has 1 atom stereocenters. The van der Waals surface area contributed by atoms with E-state index in [1.807, 2.05) is 46.1 Å². The summed E-state index contributed by atoms with van der Waals surface area (Å²) in [6.45, 7) is 5.68. The second-order valence-corrected chi connectivity index (χ2v) is 6.70. The molecule has 1 aromatic carbocycles. The Bertz CT molecular complexity index is 748. The van der Waals surface area contributed by atoms with Crippen molar-refractivity contribution in [3.63, 3.8) is 0 Å². The van der Waals surface area contributed by atoms with Gasteiger partial charge in [-0.15, -0.1) is 0 Å². The lowest BCUT2D eigenvalue weighted by Crippen LogP contribution is -2.41. The molecule has 5 nitrogen and oxygen atoms in total.